The Morgan fingerprint density at radius 2 is 1.52 bits per heavy atom. The van der Waals surface area contributed by atoms with E-state index in [1.165, 1.54) is 22.5 Å². The maximum absolute atomic E-state index is 12.9. The molecule has 0 saturated carbocycles. The Labute approximate surface area is 179 Å². The van der Waals surface area contributed by atoms with Crippen molar-refractivity contribution >= 4 is 39.0 Å². The number of hydrogen-bond acceptors (Lipinski definition) is 5. The fraction of sp³-hybridized carbons (Fsp3) is 0.200. The maximum atomic E-state index is 12.9. The van der Waals surface area contributed by atoms with Crippen LogP contribution in [0.25, 0.3) is 11.3 Å². The first-order valence-corrected chi connectivity index (χ1v) is 11.2. The van der Waals surface area contributed by atoms with Crippen molar-refractivity contribution in [2.24, 2.45) is 0 Å². The highest BCUT2D eigenvalue weighted by Crippen LogP contribution is 2.27. The Balaban J connectivity index is 1.44. The minimum atomic E-state index is -3.62. The van der Waals surface area contributed by atoms with Gasteiger partial charge in [0, 0.05) is 31.7 Å². The Kier molecular flexibility index (Phi) is 5.74. The van der Waals surface area contributed by atoms with Crippen LogP contribution < -0.4 is 4.90 Å². The Bertz CT molecular complexity index is 1100. The van der Waals surface area contributed by atoms with E-state index >= 15 is 0 Å². The third-order valence-electron chi connectivity index (χ3n) is 4.81. The lowest BCUT2D eigenvalue weighted by molar-refractivity contribution is 0.383. The predicted octanol–water partition coefficient (Wildman–Crippen LogP) is 3.96. The molecule has 0 N–H and O–H groups in total. The van der Waals surface area contributed by atoms with E-state index < -0.39 is 10.0 Å². The fourth-order valence-corrected chi connectivity index (χ4v) is 5.01. The molecule has 29 heavy (non-hydrogen) atoms. The van der Waals surface area contributed by atoms with Gasteiger partial charge in [-0.05, 0) is 30.3 Å². The van der Waals surface area contributed by atoms with E-state index in [1.54, 1.807) is 0 Å². The first kappa shape index (κ1) is 20.1. The number of benzene rings is 2. The van der Waals surface area contributed by atoms with Gasteiger partial charge in [-0.25, -0.2) is 8.42 Å². The van der Waals surface area contributed by atoms with Gasteiger partial charge in [-0.3, -0.25) is 0 Å². The van der Waals surface area contributed by atoms with Crippen LogP contribution in [0.15, 0.2) is 65.6 Å². The van der Waals surface area contributed by atoms with Gasteiger partial charge >= 0.3 is 0 Å². The molecule has 1 saturated heterocycles. The molecule has 1 aromatic heterocycles. The van der Waals surface area contributed by atoms with Crippen molar-refractivity contribution in [3.8, 4) is 11.3 Å². The van der Waals surface area contributed by atoms with Crippen molar-refractivity contribution in [3.05, 3.63) is 70.7 Å². The van der Waals surface area contributed by atoms with Gasteiger partial charge in [-0.15, -0.1) is 10.2 Å². The Morgan fingerprint density at radius 1 is 0.793 bits per heavy atom. The molecule has 4 rings (SSSR count). The topological polar surface area (TPSA) is 66.4 Å². The van der Waals surface area contributed by atoms with Crippen LogP contribution in [0.3, 0.4) is 0 Å². The highest BCUT2D eigenvalue weighted by molar-refractivity contribution is 7.89. The summed E-state index contributed by atoms with van der Waals surface area (Å²) in [5.74, 6) is 0.733. The van der Waals surface area contributed by atoms with Gasteiger partial charge in [0.1, 0.15) is 0 Å². The van der Waals surface area contributed by atoms with Gasteiger partial charge in [0.25, 0.3) is 0 Å². The molecule has 0 atom stereocenters. The summed E-state index contributed by atoms with van der Waals surface area (Å²) in [4.78, 5) is 2.18. The summed E-state index contributed by atoms with van der Waals surface area (Å²) >= 11 is 11.9. The highest BCUT2D eigenvalue weighted by Gasteiger charge is 2.29. The normalized spacial score (nSPS) is 15.4. The van der Waals surface area contributed by atoms with Crippen LogP contribution >= 0.6 is 23.2 Å². The number of sulfonamides is 1. The van der Waals surface area contributed by atoms with Crippen LogP contribution in [-0.4, -0.2) is 49.1 Å². The molecule has 0 bridgehead atoms. The smallest absolute Gasteiger partial charge is 0.243 e. The lowest BCUT2D eigenvalue weighted by Crippen LogP contribution is -2.49. The van der Waals surface area contributed by atoms with Crippen LogP contribution in [-0.2, 0) is 10.0 Å². The van der Waals surface area contributed by atoms with Gasteiger partial charge in [0.2, 0.25) is 10.0 Å². The molecule has 9 heteroatoms. The third kappa shape index (κ3) is 4.23. The molecular weight excluding hydrogens is 431 g/mol. The number of nitrogens with zero attached hydrogens (tertiary/aromatic N) is 4. The molecular formula is C20H18Cl2N4O2S. The SMILES string of the molecule is O=S(=O)(c1ccc(Cl)c(Cl)c1)N1CCN(c2ccc(-c3ccccc3)nn2)CC1. The molecule has 150 valence electrons. The minimum absolute atomic E-state index is 0.146. The van der Waals surface area contributed by atoms with Crippen molar-refractivity contribution in [1.82, 2.24) is 14.5 Å². The highest BCUT2D eigenvalue weighted by atomic mass is 35.5. The second-order valence-electron chi connectivity index (χ2n) is 6.61. The summed E-state index contributed by atoms with van der Waals surface area (Å²) < 4.78 is 27.2. The van der Waals surface area contributed by atoms with Crippen LogP contribution in [0.2, 0.25) is 10.0 Å². The second kappa shape index (κ2) is 8.28. The molecule has 1 aliphatic rings. The summed E-state index contributed by atoms with van der Waals surface area (Å²) in [5, 5.41) is 9.18. The number of aromatic nitrogens is 2. The number of rotatable bonds is 4. The fourth-order valence-electron chi connectivity index (χ4n) is 3.20. The molecule has 0 aliphatic carbocycles. The van der Waals surface area contributed by atoms with Crippen molar-refractivity contribution in [3.63, 3.8) is 0 Å². The standard InChI is InChI=1S/C20H18Cl2N4O2S/c21-17-7-6-16(14-18(17)22)29(27,28)26-12-10-25(11-13-26)20-9-8-19(23-24-20)15-4-2-1-3-5-15/h1-9,14H,10-13H2. The third-order valence-corrected chi connectivity index (χ3v) is 7.45. The Hall–Kier alpha value is -2.19. The van der Waals surface area contributed by atoms with Crippen molar-refractivity contribution < 1.29 is 8.42 Å². The van der Waals surface area contributed by atoms with Gasteiger partial charge in [-0.1, -0.05) is 53.5 Å². The molecule has 0 amide bonds. The van der Waals surface area contributed by atoms with E-state index in [4.69, 9.17) is 23.2 Å². The summed E-state index contributed by atoms with van der Waals surface area (Å²) in [6.45, 7) is 1.76. The molecule has 2 heterocycles. The maximum Gasteiger partial charge on any atom is 0.243 e. The molecule has 2 aromatic carbocycles. The molecule has 0 spiro atoms. The molecule has 0 unspecified atom stereocenters. The Morgan fingerprint density at radius 3 is 2.14 bits per heavy atom. The van der Waals surface area contributed by atoms with E-state index in [2.05, 4.69) is 10.2 Å². The summed E-state index contributed by atoms with van der Waals surface area (Å²) in [6, 6.07) is 18.0. The van der Waals surface area contributed by atoms with Crippen LogP contribution in [0, 0.1) is 0 Å². The van der Waals surface area contributed by atoms with E-state index in [0.29, 0.717) is 31.2 Å². The first-order chi connectivity index (χ1) is 13.9. The number of anilines is 1. The summed E-state index contributed by atoms with van der Waals surface area (Å²) in [7, 11) is -3.62. The lowest BCUT2D eigenvalue weighted by atomic mass is 10.1. The second-order valence-corrected chi connectivity index (χ2v) is 9.36. The van der Waals surface area contributed by atoms with Gasteiger partial charge in [0.15, 0.2) is 5.82 Å². The number of piperazine rings is 1. The monoisotopic (exact) mass is 448 g/mol. The molecule has 3 aromatic rings. The van der Waals surface area contributed by atoms with Crippen LogP contribution in [0.5, 0.6) is 0 Å². The van der Waals surface area contributed by atoms with Crippen molar-refractivity contribution in [1.29, 1.82) is 0 Å². The van der Waals surface area contributed by atoms with Crippen LogP contribution in [0.1, 0.15) is 0 Å². The van der Waals surface area contributed by atoms with Gasteiger partial charge < -0.3 is 4.90 Å². The van der Waals surface area contributed by atoms with Crippen molar-refractivity contribution in [2.45, 2.75) is 4.90 Å². The zero-order valence-electron chi connectivity index (χ0n) is 15.4. The summed E-state index contributed by atoms with van der Waals surface area (Å²) in [6.07, 6.45) is 0. The lowest BCUT2D eigenvalue weighted by Gasteiger charge is -2.34. The van der Waals surface area contributed by atoms with E-state index in [-0.39, 0.29) is 9.92 Å². The van der Waals surface area contributed by atoms with Gasteiger partial charge in [-0.2, -0.15) is 4.31 Å². The average molecular weight is 449 g/mol. The van der Waals surface area contributed by atoms with Crippen LogP contribution in [0.4, 0.5) is 5.82 Å². The zero-order chi connectivity index (χ0) is 20.4. The van der Waals surface area contributed by atoms with E-state index in [1.807, 2.05) is 47.4 Å². The largest absolute Gasteiger partial charge is 0.352 e. The minimum Gasteiger partial charge on any atom is -0.352 e. The van der Waals surface area contributed by atoms with E-state index in [9.17, 15) is 8.42 Å². The zero-order valence-corrected chi connectivity index (χ0v) is 17.7. The quantitative estimate of drug-likeness (QED) is 0.603. The molecule has 1 aliphatic heterocycles. The first-order valence-electron chi connectivity index (χ1n) is 9.04. The molecule has 0 radical (unpaired) electrons. The predicted molar refractivity (Wildman–Crippen MR) is 115 cm³/mol. The average Bonchev–Trinajstić information content (AvgIpc) is 2.76. The molecule has 1 fully saturated rings. The molecule has 6 nitrogen and oxygen atoms in total. The summed E-state index contributed by atoms with van der Waals surface area (Å²) in [5.41, 5.74) is 1.80. The van der Waals surface area contributed by atoms with Gasteiger partial charge in [0.05, 0.1) is 20.6 Å². The number of halogens is 2. The number of hydrogen-bond donors (Lipinski definition) is 0. The van der Waals surface area contributed by atoms with Crippen molar-refractivity contribution in [2.75, 3.05) is 31.1 Å². The van der Waals surface area contributed by atoms with E-state index in [0.717, 1.165) is 17.1 Å².